The van der Waals surface area contributed by atoms with Gasteiger partial charge in [0.15, 0.2) is 0 Å². The van der Waals surface area contributed by atoms with E-state index in [9.17, 15) is 5.11 Å². The Labute approximate surface area is 109 Å². The Morgan fingerprint density at radius 2 is 1.94 bits per heavy atom. The lowest BCUT2D eigenvalue weighted by molar-refractivity contribution is 0.167. The minimum atomic E-state index is -0.473. The Balaban J connectivity index is 2.27. The zero-order valence-electron chi connectivity index (χ0n) is 11.7. The first-order valence-corrected chi connectivity index (χ1v) is 6.60. The van der Waals surface area contributed by atoms with Crippen LogP contribution in [0.15, 0.2) is 18.3 Å². The SMILES string of the molecule is CC1CN(c2ncccc2[C@H](C)O)CC(C)N1C. The highest BCUT2D eigenvalue weighted by atomic mass is 16.3. The fraction of sp³-hybridized carbons (Fsp3) is 0.643. The summed E-state index contributed by atoms with van der Waals surface area (Å²) >= 11 is 0. The third kappa shape index (κ3) is 2.49. The van der Waals surface area contributed by atoms with Crippen molar-refractivity contribution in [1.82, 2.24) is 9.88 Å². The fourth-order valence-corrected chi connectivity index (χ4v) is 2.58. The minimum Gasteiger partial charge on any atom is -0.389 e. The summed E-state index contributed by atoms with van der Waals surface area (Å²) in [5.74, 6) is 0.930. The molecule has 0 aromatic carbocycles. The van der Waals surface area contributed by atoms with E-state index in [4.69, 9.17) is 0 Å². The van der Waals surface area contributed by atoms with Crippen LogP contribution in [0.3, 0.4) is 0 Å². The Hall–Kier alpha value is -1.13. The van der Waals surface area contributed by atoms with Gasteiger partial charge in [-0.05, 0) is 33.9 Å². The Morgan fingerprint density at radius 1 is 1.33 bits per heavy atom. The summed E-state index contributed by atoms with van der Waals surface area (Å²) in [4.78, 5) is 9.14. The summed E-state index contributed by atoms with van der Waals surface area (Å²) < 4.78 is 0. The number of rotatable bonds is 2. The number of piperazine rings is 1. The summed E-state index contributed by atoms with van der Waals surface area (Å²) in [6.45, 7) is 8.17. The van der Waals surface area contributed by atoms with E-state index in [1.54, 1.807) is 13.1 Å². The van der Waals surface area contributed by atoms with Crippen molar-refractivity contribution in [1.29, 1.82) is 0 Å². The molecule has 2 heterocycles. The van der Waals surface area contributed by atoms with Crippen molar-refractivity contribution >= 4 is 5.82 Å². The molecule has 1 saturated heterocycles. The molecule has 1 aromatic heterocycles. The predicted molar refractivity (Wildman–Crippen MR) is 73.8 cm³/mol. The van der Waals surface area contributed by atoms with E-state index < -0.39 is 6.10 Å². The summed E-state index contributed by atoms with van der Waals surface area (Å²) in [5.41, 5.74) is 0.918. The zero-order valence-corrected chi connectivity index (χ0v) is 11.7. The molecule has 0 bridgehead atoms. The maximum Gasteiger partial charge on any atom is 0.134 e. The molecule has 1 aromatic rings. The van der Waals surface area contributed by atoms with Gasteiger partial charge in [-0.1, -0.05) is 6.07 Å². The molecule has 0 radical (unpaired) electrons. The van der Waals surface area contributed by atoms with Crippen LogP contribution in [-0.4, -0.2) is 47.2 Å². The first kappa shape index (κ1) is 13.3. The van der Waals surface area contributed by atoms with Gasteiger partial charge in [0.1, 0.15) is 5.82 Å². The van der Waals surface area contributed by atoms with Crippen molar-refractivity contribution in [2.24, 2.45) is 0 Å². The third-order valence-electron chi connectivity index (χ3n) is 3.93. The fourth-order valence-electron chi connectivity index (χ4n) is 2.58. The smallest absolute Gasteiger partial charge is 0.134 e. The van der Waals surface area contributed by atoms with E-state index in [1.165, 1.54) is 0 Å². The van der Waals surface area contributed by atoms with Gasteiger partial charge < -0.3 is 10.0 Å². The number of likely N-dealkylation sites (N-methyl/N-ethyl adjacent to an activating group) is 1. The number of hydrogen-bond acceptors (Lipinski definition) is 4. The Bertz CT molecular complexity index is 396. The normalized spacial score (nSPS) is 27.3. The van der Waals surface area contributed by atoms with E-state index in [-0.39, 0.29) is 0 Å². The second-order valence-electron chi connectivity index (χ2n) is 5.36. The number of aliphatic hydroxyl groups is 1. The van der Waals surface area contributed by atoms with Crippen molar-refractivity contribution in [2.75, 3.05) is 25.0 Å². The number of nitrogens with zero attached hydrogens (tertiary/aromatic N) is 3. The molecule has 1 N–H and O–H groups in total. The minimum absolute atomic E-state index is 0.473. The highest BCUT2D eigenvalue weighted by Crippen LogP contribution is 2.26. The van der Waals surface area contributed by atoms with Crippen LogP contribution < -0.4 is 4.90 Å². The molecular weight excluding hydrogens is 226 g/mol. The molecule has 2 rings (SSSR count). The highest BCUT2D eigenvalue weighted by molar-refractivity contribution is 5.48. The third-order valence-corrected chi connectivity index (χ3v) is 3.93. The first-order valence-electron chi connectivity index (χ1n) is 6.60. The van der Waals surface area contributed by atoms with Gasteiger partial charge in [0.2, 0.25) is 0 Å². The van der Waals surface area contributed by atoms with E-state index in [0.717, 1.165) is 24.5 Å². The molecule has 1 aliphatic heterocycles. The summed E-state index contributed by atoms with van der Waals surface area (Å²) in [5, 5.41) is 9.84. The lowest BCUT2D eigenvalue weighted by Gasteiger charge is -2.43. The molecule has 4 heteroatoms. The van der Waals surface area contributed by atoms with Gasteiger partial charge in [-0.2, -0.15) is 0 Å². The van der Waals surface area contributed by atoms with Crippen LogP contribution >= 0.6 is 0 Å². The molecule has 100 valence electrons. The molecule has 0 spiro atoms. The first-order chi connectivity index (χ1) is 8.50. The summed E-state index contributed by atoms with van der Waals surface area (Å²) in [6.07, 6.45) is 1.33. The lowest BCUT2D eigenvalue weighted by Crippen LogP contribution is -2.55. The maximum atomic E-state index is 9.84. The van der Waals surface area contributed by atoms with Crippen LogP contribution in [0, 0.1) is 0 Å². The molecule has 1 aliphatic rings. The van der Waals surface area contributed by atoms with Gasteiger partial charge in [-0.25, -0.2) is 4.98 Å². The molecule has 0 saturated carbocycles. The van der Waals surface area contributed by atoms with Crippen LogP contribution in [-0.2, 0) is 0 Å². The number of aliphatic hydroxyl groups excluding tert-OH is 1. The molecule has 4 nitrogen and oxygen atoms in total. The average molecular weight is 249 g/mol. The largest absolute Gasteiger partial charge is 0.389 e. The van der Waals surface area contributed by atoms with Crippen LogP contribution in [0.2, 0.25) is 0 Å². The number of aromatic nitrogens is 1. The van der Waals surface area contributed by atoms with Crippen molar-refractivity contribution in [3.63, 3.8) is 0 Å². The number of anilines is 1. The molecule has 0 amide bonds. The molecule has 0 aliphatic carbocycles. The van der Waals surface area contributed by atoms with Crippen molar-refractivity contribution in [3.8, 4) is 0 Å². The van der Waals surface area contributed by atoms with Gasteiger partial charge in [0.05, 0.1) is 6.10 Å². The van der Waals surface area contributed by atoms with Gasteiger partial charge in [-0.15, -0.1) is 0 Å². The van der Waals surface area contributed by atoms with Crippen molar-refractivity contribution < 1.29 is 5.11 Å². The van der Waals surface area contributed by atoms with Gasteiger partial charge in [0.25, 0.3) is 0 Å². The van der Waals surface area contributed by atoms with E-state index in [0.29, 0.717) is 12.1 Å². The summed E-state index contributed by atoms with van der Waals surface area (Å²) in [7, 11) is 2.17. The molecule has 2 unspecified atom stereocenters. The van der Waals surface area contributed by atoms with Crippen LogP contribution in [0.4, 0.5) is 5.82 Å². The van der Waals surface area contributed by atoms with Gasteiger partial charge >= 0.3 is 0 Å². The second-order valence-corrected chi connectivity index (χ2v) is 5.36. The van der Waals surface area contributed by atoms with E-state index >= 15 is 0 Å². The standard InChI is InChI=1S/C14H23N3O/c1-10-8-17(9-11(2)16(10)4)14-13(12(3)18)6-5-7-15-14/h5-7,10-12,18H,8-9H2,1-4H3/t10?,11?,12-/m0/s1. The second kappa shape index (κ2) is 5.24. The van der Waals surface area contributed by atoms with Crippen LogP contribution in [0.25, 0.3) is 0 Å². The van der Waals surface area contributed by atoms with E-state index in [2.05, 4.69) is 35.7 Å². The molecule has 3 atom stereocenters. The number of pyridine rings is 1. The van der Waals surface area contributed by atoms with Gasteiger partial charge in [0, 0.05) is 36.9 Å². The molecular formula is C14H23N3O. The lowest BCUT2D eigenvalue weighted by atomic mass is 10.1. The Kier molecular flexibility index (Phi) is 3.88. The monoisotopic (exact) mass is 249 g/mol. The Morgan fingerprint density at radius 3 is 2.50 bits per heavy atom. The van der Waals surface area contributed by atoms with Crippen molar-refractivity contribution in [3.05, 3.63) is 23.9 Å². The molecule has 1 fully saturated rings. The topological polar surface area (TPSA) is 39.6 Å². The zero-order chi connectivity index (χ0) is 13.3. The maximum absolute atomic E-state index is 9.84. The average Bonchev–Trinajstić information content (AvgIpc) is 2.35. The number of hydrogen-bond donors (Lipinski definition) is 1. The van der Waals surface area contributed by atoms with Crippen LogP contribution in [0.5, 0.6) is 0 Å². The van der Waals surface area contributed by atoms with Crippen LogP contribution in [0.1, 0.15) is 32.4 Å². The quantitative estimate of drug-likeness (QED) is 0.865. The predicted octanol–water partition coefficient (Wildman–Crippen LogP) is 1.66. The van der Waals surface area contributed by atoms with E-state index in [1.807, 2.05) is 12.1 Å². The summed E-state index contributed by atoms with van der Waals surface area (Å²) in [6, 6.07) is 4.84. The van der Waals surface area contributed by atoms with Gasteiger partial charge in [-0.3, -0.25) is 4.90 Å². The molecule has 18 heavy (non-hydrogen) atoms. The highest BCUT2D eigenvalue weighted by Gasteiger charge is 2.28. The van der Waals surface area contributed by atoms with Crippen molar-refractivity contribution in [2.45, 2.75) is 39.0 Å².